The summed E-state index contributed by atoms with van der Waals surface area (Å²) in [5.41, 5.74) is 2.81. The van der Waals surface area contributed by atoms with E-state index in [2.05, 4.69) is 36.5 Å². The van der Waals surface area contributed by atoms with E-state index in [1.807, 2.05) is 13.8 Å². The number of aryl methyl sites for hydroxylation is 1. The van der Waals surface area contributed by atoms with E-state index in [0.717, 1.165) is 0 Å². The van der Waals surface area contributed by atoms with Crippen molar-refractivity contribution in [2.45, 2.75) is 39.7 Å². The molecule has 0 spiro atoms. The Hall–Kier alpha value is -0.820. The topological polar surface area (TPSA) is 12.0 Å². The standard InChI is InChI=1S/C11H15N.C2H6/c1-9-4-2-5-10(8-9)11-6-3-7-12-11;1-2/h2,4-5,8,11-12H,3,6-7H2,1H3;1-2H3. The molecule has 0 bridgehead atoms. The highest BCUT2D eigenvalue weighted by Crippen LogP contribution is 2.23. The third-order valence-corrected chi connectivity index (χ3v) is 2.50. The molecule has 1 aromatic rings. The van der Waals surface area contributed by atoms with Gasteiger partial charge in [0.2, 0.25) is 0 Å². The van der Waals surface area contributed by atoms with Crippen LogP contribution in [-0.4, -0.2) is 6.54 Å². The highest BCUT2D eigenvalue weighted by molar-refractivity contribution is 5.25. The van der Waals surface area contributed by atoms with Gasteiger partial charge in [0, 0.05) is 6.04 Å². The minimum absolute atomic E-state index is 0.616. The molecular formula is C13H21N. The average Bonchev–Trinajstić information content (AvgIpc) is 2.74. The molecule has 0 amide bonds. The first-order chi connectivity index (χ1) is 6.86. The molecule has 14 heavy (non-hydrogen) atoms. The summed E-state index contributed by atoms with van der Waals surface area (Å²) in [4.78, 5) is 0. The van der Waals surface area contributed by atoms with Gasteiger partial charge in [-0.15, -0.1) is 0 Å². The van der Waals surface area contributed by atoms with E-state index in [4.69, 9.17) is 0 Å². The van der Waals surface area contributed by atoms with Crippen molar-refractivity contribution < 1.29 is 0 Å². The normalized spacial score (nSPS) is 20.1. The van der Waals surface area contributed by atoms with Crippen LogP contribution in [-0.2, 0) is 0 Å². The van der Waals surface area contributed by atoms with Gasteiger partial charge in [-0.05, 0) is 31.9 Å². The van der Waals surface area contributed by atoms with E-state index in [0.29, 0.717) is 6.04 Å². The van der Waals surface area contributed by atoms with Crippen molar-refractivity contribution >= 4 is 0 Å². The predicted octanol–water partition coefficient (Wildman–Crippen LogP) is 3.45. The second-order valence-corrected chi connectivity index (χ2v) is 3.56. The van der Waals surface area contributed by atoms with Crippen LogP contribution in [0.4, 0.5) is 0 Å². The number of rotatable bonds is 1. The fourth-order valence-corrected chi connectivity index (χ4v) is 1.86. The molecular weight excluding hydrogens is 170 g/mol. The summed E-state index contributed by atoms with van der Waals surface area (Å²) in [6, 6.07) is 9.41. The van der Waals surface area contributed by atoms with Crippen molar-refractivity contribution in [3.8, 4) is 0 Å². The first-order valence-corrected chi connectivity index (χ1v) is 5.66. The zero-order valence-corrected chi connectivity index (χ0v) is 9.51. The van der Waals surface area contributed by atoms with Gasteiger partial charge >= 0.3 is 0 Å². The van der Waals surface area contributed by atoms with Gasteiger partial charge in [-0.2, -0.15) is 0 Å². The quantitative estimate of drug-likeness (QED) is 0.717. The largest absolute Gasteiger partial charge is 0.310 e. The van der Waals surface area contributed by atoms with E-state index in [-0.39, 0.29) is 0 Å². The number of benzene rings is 1. The van der Waals surface area contributed by atoms with E-state index < -0.39 is 0 Å². The van der Waals surface area contributed by atoms with Gasteiger partial charge < -0.3 is 5.32 Å². The van der Waals surface area contributed by atoms with Crippen LogP contribution in [0.25, 0.3) is 0 Å². The lowest BCUT2D eigenvalue weighted by Crippen LogP contribution is -2.12. The Morgan fingerprint density at radius 3 is 2.64 bits per heavy atom. The zero-order valence-electron chi connectivity index (χ0n) is 9.51. The third kappa shape index (κ3) is 2.85. The summed E-state index contributed by atoms with van der Waals surface area (Å²) in [5, 5.41) is 3.50. The van der Waals surface area contributed by atoms with Crippen molar-refractivity contribution in [2.24, 2.45) is 0 Å². The second-order valence-electron chi connectivity index (χ2n) is 3.56. The summed E-state index contributed by atoms with van der Waals surface area (Å²) >= 11 is 0. The van der Waals surface area contributed by atoms with Crippen molar-refractivity contribution in [2.75, 3.05) is 6.54 Å². The highest BCUT2D eigenvalue weighted by Gasteiger charge is 2.15. The van der Waals surface area contributed by atoms with Crippen LogP contribution >= 0.6 is 0 Å². The molecule has 1 heterocycles. The molecule has 1 aromatic carbocycles. The average molecular weight is 191 g/mol. The van der Waals surface area contributed by atoms with E-state index in [1.54, 1.807) is 0 Å². The smallest absolute Gasteiger partial charge is 0.0320 e. The van der Waals surface area contributed by atoms with Gasteiger partial charge in [-0.25, -0.2) is 0 Å². The van der Waals surface area contributed by atoms with Gasteiger partial charge in [0.15, 0.2) is 0 Å². The Labute approximate surface area is 87.5 Å². The Morgan fingerprint density at radius 2 is 2.07 bits per heavy atom. The lowest BCUT2D eigenvalue weighted by molar-refractivity contribution is 0.647. The van der Waals surface area contributed by atoms with Crippen molar-refractivity contribution in [1.82, 2.24) is 5.32 Å². The molecule has 1 aliphatic rings. The lowest BCUT2D eigenvalue weighted by atomic mass is 10.0. The zero-order chi connectivity index (χ0) is 10.4. The van der Waals surface area contributed by atoms with Crippen molar-refractivity contribution in [1.29, 1.82) is 0 Å². The highest BCUT2D eigenvalue weighted by atomic mass is 14.9. The number of hydrogen-bond donors (Lipinski definition) is 1. The molecule has 1 fully saturated rings. The maximum Gasteiger partial charge on any atom is 0.0320 e. The van der Waals surface area contributed by atoms with E-state index in [9.17, 15) is 0 Å². The van der Waals surface area contributed by atoms with Crippen molar-refractivity contribution in [3.63, 3.8) is 0 Å². The van der Waals surface area contributed by atoms with Gasteiger partial charge in [0.25, 0.3) is 0 Å². The summed E-state index contributed by atoms with van der Waals surface area (Å²) in [7, 11) is 0. The molecule has 2 rings (SSSR count). The van der Waals surface area contributed by atoms with Crippen molar-refractivity contribution in [3.05, 3.63) is 35.4 Å². The molecule has 0 aromatic heterocycles. The molecule has 0 radical (unpaired) electrons. The Kier molecular flexibility index (Phi) is 4.68. The predicted molar refractivity (Wildman–Crippen MR) is 62.5 cm³/mol. The maximum atomic E-state index is 3.50. The first-order valence-electron chi connectivity index (χ1n) is 5.66. The molecule has 1 aliphatic heterocycles. The first kappa shape index (κ1) is 11.3. The van der Waals surface area contributed by atoms with Gasteiger partial charge in [-0.3, -0.25) is 0 Å². The van der Waals surface area contributed by atoms with Crippen LogP contribution < -0.4 is 5.32 Å². The van der Waals surface area contributed by atoms with Crippen LogP contribution in [0.5, 0.6) is 0 Å². The van der Waals surface area contributed by atoms with Gasteiger partial charge in [0.1, 0.15) is 0 Å². The Bertz CT molecular complexity index is 262. The number of nitrogens with one attached hydrogen (secondary N) is 1. The lowest BCUT2D eigenvalue weighted by Gasteiger charge is -2.10. The molecule has 1 unspecified atom stereocenters. The molecule has 1 nitrogen and oxygen atoms in total. The summed E-state index contributed by atoms with van der Waals surface area (Å²) in [6.07, 6.45) is 2.61. The Balaban J connectivity index is 0.000000461. The van der Waals surface area contributed by atoms with Gasteiger partial charge in [0.05, 0.1) is 0 Å². The fourth-order valence-electron chi connectivity index (χ4n) is 1.86. The van der Waals surface area contributed by atoms with Crippen LogP contribution in [0.2, 0.25) is 0 Å². The number of hydrogen-bond acceptors (Lipinski definition) is 1. The Morgan fingerprint density at radius 1 is 1.29 bits per heavy atom. The van der Waals surface area contributed by atoms with Gasteiger partial charge in [-0.1, -0.05) is 43.7 Å². The third-order valence-electron chi connectivity index (χ3n) is 2.50. The molecule has 78 valence electrons. The SMILES string of the molecule is CC.Cc1cccc(C2CCCN2)c1. The second kappa shape index (κ2) is 5.82. The van der Waals surface area contributed by atoms with Crippen LogP contribution in [0.15, 0.2) is 24.3 Å². The minimum Gasteiger partial charge on any atom is -0.310 e. The molecule has 0 saturated carbocycles. The molecule has 1 saturated heterocycles. The molecule has 1 N–H and O–H groups in total. The van der Waals surface area contributed by atoms with Crippen LogP contribution in [0, 0.1) is 6.92 Å². The minimum atomic E-state index is 0.616. The van der Waals surface area contributed by atoms with Crippen LogP contribution in [0.1, 0.15) is 43.9 Å². The molecule has 1 heteroatoms. The molecule has 1 atom stereocenters. The monoisotopic (exact) mass is 191 g/mol. The maximum absolute atomic E-state index is 3.50. The van der Waals surface area contributed by atoms with E-state index >= 15 is 0 Å². The summed E-state index contributed by atoms with van der Waals surface area (Å²) in [6.45, 7) is 7.33. The van der Waals surface area contributed by atoms with E-state index in [1.165, 1.54) is 30.5 Å². The fraction of sp³-hybridized carbons (Fsp3) is 0.538. The van der Waals surface area contributed by atoms with Crippen LogP contribution in [0.3, 0.4) is 0 Å². The molecule has 0 aliphatic carbocycles. The summed E-state index contributed by atoms with van der Waals surface area (Å²) in [5.74, 6) is 0. The summed E-state index contributed by atoms with van der Waals surface area (Å²) < 4.78 is 0.